The van der Waals surface area contributed by atoms with Crippen molar-refractivity contribution in [2.24, 2.45) is 0 Å². The lowest BCUT2D eigenvalue weighted by atomic mass is 9.13. The van der Waals surface area contributed by atoms with Crippen LogP contribution in [0.1, 0.15) is 22.3 Å². The molecule has 4 rings (SSSR count). The van der Waals surface area contributed by atoms with Gasteiger partial charge in [0.25, 0.3) is 0 Å². The largest absolute Gasteiger partial charge is 0.246 e. The molecule has 0 unspecified atom stereocenters. The van der Waals surface area contributed by atoms with Gasteiger partial charge in [-0.25, -0.2) is 17.6 Å². The van der Waals surface area contributed by atoms with E-state index in [4.69, 9.17) is 0 Å². The Morgan fingerprint density at radius 2 is 0.515 bits per heavy atom. The lowest BCUT2D eigenvalue weighted by molar-refractivity contribution is 0.485. The molecule has 0 aromatic heterocycles. The first-order valence-corrected chi connectivity index (χ1v) is 10.9. The van der Waals surface area contributed by atoms with Crippen LogP contribution in [-0.2, 0) is 26.7 Å². The van der Waals surface area contributed by atoms with E-state index in [9.17, 15) is 17.6 Å². The van der Waals surface area contributed by atoms with Gasteiger partial charge in [0.2, 0.25) is 0 Å². The Kier molecular flexibility index (Phi) is 6.97. The zero-order valence-electron chi connectivity index (χ0n) is 18.2. The minimum Gasteiger partial charge on any atom is -0.246 e. The maximum absolute atomic E-state index is 13.3. The fourth-order valence-electron chi connectivity index (χ4n) is 4.74. The van der Waals surface area contributed by atoms with Crippen LogP contribution in [0.4, 0.5) is 17.6 Å². The lowest BCUT2D eigenvalue weighted by Crippen LogP contribution is -2.74. The van der Waals surface area contributed by atoms with Crippen molar-refractivity contribution in [1.29, 1.82) is 0 Å². The quantitative estimate of drug-likeness (QED) is 0.265. The SMILES string of the molecule is FCc1ccc([B-](c2ccc(CF)cc2)(c2ccc(CF)cc2)c2ccc(CF)cc2)cc1. The molecular formula is C28H24BF4-. The third-order valence-electron chi connectivity index (χ3n) is 6.54. The van der Waals surface area contributed by atoms with Gasteiger partial charge in [-0.15, -0.1) is 0 Å². The van der Waals surface area contributed by atoms with Crippen LogP contribution in [0.3, 0.4) is 0 Å². The van der Waals surface area contributed by atoms with Crippen molar-refractivity contribution in [1.82, 2.24) is 0 Å². The fraction of sp³-hybridized carbons (Fsp3) is 0.143. The molecule has 0 saturated heterocycles. The Morgan fingerprint density at radius 3 is 0.667 bits per heavy atom. The molecule has 0 aliphatic heterocycles. The number of hydrogen-bond donors (Lipinski definition) is 0. The summed E-state index contributed by atoms with van der Waals surface area (Å²) in [4.78, 5) is 0. The number of hydrogen-bond acceptors (Lipinski definition) is 0. The number of halogens is 4. The van der Waals surface area contributed by atoms with E-state index in [1.807, 2.05) is 48.5 Å². The van der Waals surface area contributed by atoms with Crippen LogP contribution in [-0.4, -0.2) is 6.15 Å². The third kappa shape index (κ3) is 4.32. The topological polar surface area (TPSA) is 0 Å². The molecule has 4 aromatic rings. The molecule has 168 valence electrons. The minimum absolute atomic E-state index is 0.566. The van der Waals surface area contributed by atoms with Gasteiger partial charge in [0.1, 0.15) is 32.8 Å². The Bertz CT molecular complexity index is 973. The molecule has 0 fully saturated rings. The van der Waals surface area contributed by atoms with Crippen molar-refractivity contribution in [3.05, 3.63) is 119 Å². The van der Waals surface area contributed by atoms with Crippen LogP contribution in [0.25, 0.3) is 0 Å². The van der Waals surface area contributed by atoms with Gasteiger partial charge in [0.05, 0.1) is 0 Å². The summed E-state index contributed by atoms with van der Waals surface area (Å²) in [6.07, 6.45) is -1.79. The van der Waals surface area contributed by atoms with E-state index in [0.29, 0.717) is 22.3 Å². The van der Waals surface area contributed by atoms with Gasteiger partial charge in [-0.3, -0.25) is 0 Å². The van der Waals surface area contributed by atoms with E-state index in [1.54, 1.807) is 48.5 Å². The summed E-state index contributed by atoms with van der Waals surface area (Å²) in [7, 11) is 0. The van der Waals surface area contributed by atoms with E-state index < -0.39 is 32.8 Å². The second-order valence-electron chi connectivity index (χ2n) is 8.37. The molecule has 33 heavy (non-hydrogen) atoms. The third-order valence-corrected chi connectivity index (χ3v) is 6.54. The number of alkyl halides is 4. The molecule has 0 heterocycles. The second-order valence-corrected chi connectivity index (χ2v) is 8.37. The predicted octanol–water partition coefficient (Wildman–Crippen LogP) is 4.94. The Morgan fingerprint density at radius 1 is 0.333 bits per heavy atom. The van der Waals surface area contributed by atoms with Crippen molar-refractivity contribution in [3.8, 4) is 0 Å². The van der Waals surface area contributed by atoms with Gasteiger partial charge in [-0.2, -0.15) is 21.9 Å². The molecule has 0 spiro atoms. The van der Waals surface area contributed by atoms with Crippen LogP contribution in [0.2, 0.25) is 0 Å². The van der Waals surface area contributed by atoms with Crippen LogP contribution in [0.15, 0.2) is 97.1 Å². The van der Waals surface area contributed by atoms with Crippen LogP contribution >= 0.6 is 0 Å². The van der Waals surface area contributed by atoms with Crippen LogP contribution in [0.5, 0.6) is 0 Å². The first-order valence-electron chi connectivity index (χ1n) is 10.9. The standard InChI is InChI=1S/C28H24BF4/c30-17-21-1-9-25(10-2-21)29(26-11-3-22(18-31)4-12-26,27-13-5-23(19-32)6-14-27)28-15-7-24(20-33)8-16-28/h1-16H,17-20H2/q-1. The summed E-state index contributed by atoms with van der Waals surface area (Å²) < 4.78 is 53.1. The highest BCUT2D eigenvalue weighted by Crippen LogP contribution is 2.14. The van der Waals surface area contributed by atoms with E-state index >= 15 is 0 Å². The van der Waals surface area contributed by atoms with Gasteiger partial charge >= 0.3 is 0 Å². The summed E-state index contributed by atoms with van der Waals surface area (Å²) in [6.45, 7) is -2.27. The van der Waals surface area contributed by atoms with Crippen molar-refractivity contribution in [2.45, 2.75) is 26.7 Å². The Labute approximate surface area is 191 Å². The number of rotatable bonds is 8. The molecule has 0 aliphatic rings. The predicted molar refractivity (Wildman–Crippen MR) is 129 cm³/mol. The van der Waals surface area contributed by atoms with Crippen LogP contribution < -0.4 is 21.9 Å². The smallest absolute Gasteiger partial charge is 0.115 e. The van der Waals surface area contributed by atoms with Gasteiger partial charge in [0.15, 0.2) is 0 Å². The van der Waals surface area contributed by atoms with E-state index in [1.165, 1.54) is 0 Å². The fourth-order valence-corrected chi connectivity index (χ4v) is 4.74. The van der Waals surface area contributed by atoms with Gasteiger partial charge in [-0.1, -0.05) is 97.1 Å². The van der Waals surface area contributed by atoms with Gasteiger partial charge < -0.3 is 0 Å². The summed E-state index contributed by atoms with van der Waals surface area (Å²) in [5, 5.41) is 0. The summed E-state index contributed by atoms with van der Waals surface area (Å²) in [5.74, 6) is 0. The zero-order valence-corrected chi connectivity index (χ0v) is 18.2. The first-order chi connectivity index (χ1) is 16.1. The number of benzene rings is 4. The van der Waals surface area contributed by atoms with Crippen molar-refractivity contribution >= 4 is 28.0 Å². The minimum atomic E-state index is -1.79. The molecule has 0 amide bonds. The van der Waals surface area contributed by atoms with Gasteiger partial charge in [0, 0.05) is 0 Å². The molecular weight excluding hydrogens is 423 g/mol. The molecule has 0 N–H and O–H groups in total. The normalized spacial score (nSPS) is 11.5. The molecule has 0 radical (unpaired) electrons. The molecule has 5 heteroatoms. The Balaban J connectivity index is 2.05. The van der Waals surface area contributed by atoms with E-state index in [2.05, 4.69) is 0 Å². The zero-order chi connectivity index (χ0) is 23.3. The highest BCUT2D eigenvalue weighted by molar-refractivity contribution is 7.19. The highest BCUT2D eigenvalue weighted by Gasteiger charge is 2.31. The average molecular weight is 447 g/mol. The highest BCUT2D eigenvalue weighted by atomic mass is 19.1. The first kappa shape index (κ1) is 22.8. The van der Waals surface area contributed by atoms with Crippen LogP contribution in [0, 0.1) is 0 Å². The molecule has 0 saturated carbocycles. The van der Waals surface area contributed by atoms with E-state index in [0.717, 1.165) is 21.9 Å². The molecule has 0 bridgehead atoms. The van der Waals surface area contributed by atoms with Crippen molar-refractivity contribution in [2.75, 3.05) is 0 Å². The molecule has 4 aromatic carbocycles. The molecule has 0 atom stereocenters. The summed E-state index contributed by atoms with van der Waals surface area (Å²) in [6, 6.07) is 29.3. The van der Waals surface area contributed by atoms with Gasteiger partial charge in [-0.05, 0) is 22.3 Å². The van der Waals surface area contributed by atoms with Crippen molar-refractivity contribution in [3.63, 3.8) is 0 Å². The summed E-state index contributed by atoms with van der Waals surface area (Å²) in [5.41, 5.74) is 5.99. The van der Waals surface area contributed by atoms with E-state index in [-0.39, 0.29) is 0 Å². The molecule has 0 nitrogen and oxygen atoms in total. The lowest BCUT2D eigenvalue weighted by Gasteiger charge is -2.44. The monoisotopic (exact) mass is 447 g/mol. The Hall–Kier alpha value is -3.34. The van der Waals surface area contributed by atoms with Crippen molar-refractivity contribution < 1.29 is 17.6 Å². The second kappa shape index (κ2) is 10.1. The summed E-state index contributed by atoms with van der Waals surface area (Å²) >= 11 is 0. The maximum Gasteiger partial charge on any atom is 0.115 e. The average Bonchev–Trinajstić information content (AvgIpc) is 2.90. The molecule has 0 aliphatic carbocycles. The maximum atomic E-state index is 13.3.